The molecule has 0 aromatic carbocycles. The molecule has 2 atom stereocenters. The number of fused-ring (bicyclic) bond motifs is 4. The zero-order valence-corrected chi connectivity index (χ0v) is 12.5. The predicted molar refractivity (Wildman–Crippen MR) is 75.7 cm³/mol. The van der Waals surface area contributed by atoms with Crippen molar-refractivity contribution in [3.63, 3.8) is 0 Å². The van der Waals surface area contributed by atoms with Gasteiger partial charge in [-0.25, -0.2) is 0 Å². The topological polar surface area (TPSA) is 62.6 Å². The molecule has 2 aliphatic rings. The Morgan fingerprint density at radius 2 is 1.95 bits per heavy atom. The van der Waals surface area contributed by atoms with E-state index in [0.717, 1.165) is 12.1 Å². The predicted octanol–water partition coefficient (Wildman–Crippen LogP) is 0.0738. The number of aromatic nitrogens is 1. The van der Waals surface area contributed by atoms with Crippen molar-refractivity contribution >= 4 is 10.2 Å². The van der Waals surface area contributed by atoms with E-state index in [0.29, 0.717) is 19.6 Å². The second-order valence-corrected chi connectivity index (χ2v) is 7.95. The van der Waals surface area contributed by atoms with Crippen LogP contribution < -0.4 is 5.56 Å². The third-order valence-corrected chi connectivity index (χ3v) is 6.11. The van der Waals surface area contributed by atoms with Crippen LogP contribution in [0.1, 0.15) is 18.0 Å². The van der Waals surface area contributed by atoms with Gasteiger partial charge in [-0.2, -0.15) is 17.0 Å². The van der Waals surface area contributed by atoms with Gasteiger partial charge in [-0.15, -0.1) is 0 Å². The number of piperidine rings is 1. The average molecular weight is 297 g/mol. The molecular weight excluding hydrogens is 278 g/mol. The first kappa shape index (κ1) is 13.8. The third-order valence-electron chi connectivity index (χ3n) is 4.23. The van der Waals surface area contributed by atoms with Crippen LogP contribution in [0, 0.1) is 5.92 Å². The molecule has 0 N–H and O–H groups in total. The third kappa shape index (κ3) is 2.10. The van der Waals surface area contributed by atoms with Gasteiger partial charge in [0.15, 0.2) is 0 Å². The highest BCUT2D eigenvalue weighted by atomic mass is 32.2. The summed E-state index contributed by atoms with van der Waals surface area (Å²) in [4.78, 5) is 11.9. The summed E-state index contributed by atoms with van der Waals surface area (Å²) in [6, 6.07) is 5.26. The molecule has 2 bridgehead atoms. The first-order chi connectivity index (χ1) is 9.39. The number of rotatable bonds is 2. The highest BCUT2D eigenvalue weighted by Gasteiger charge is 2.39. The minimum atomic E-state index is -3.38. The number of hydrogen-bond donors (Lipinski definition) is 0. The lowest BCUT2D eigenvalue weighted by Crippen LogP contribution is -2.51. The van der Waals surface area contributed by atoms with Gasteiger partial charge < -0.3 is 4.57 Å². The van der Waals surface area contributed by atoms with E-state index >= 15 is 0 Å². The summed E-state index contributed by atoms with van der Waals surface area (Å²) in [6.45, 7) is 1.57. The van der Waals surface area contributed by atoms with Crippen molar-refractivity contribution in [1.82, 2.24) is 13.2 Å². The molecule has 3 rings (SSSR count). The maximum atomic E-state index is 12.3. The summed E-state index contributed by atoms with van der Waals surface area (Å²) in [5.74, 6) is 0.335. The van der Waals surface area contributed by atoms with Gasteiger partial charge in [0, 0.05) is 51.4 Å². The van der Waals surface area contributed by atoms with E-state index in [1.165, 1.54) is 4.31 Å². The summed E-state index contributed by atoms with van der Waals surface area (Å²) < 4.78 is 29.2. The van der Waals surface area contributed by atoms with E-state index in [2.05, 4.69) is 0 Å². The van der Waals surface area contributed by atoms with Crippen molar-refractivity contribution in [3.8, 4) is 0 Å². The normalized spacial score (nSPS) is 26.6. The van der Waals surface area contributed by atoms with E-state index in [1.807, 2.05) is 6.07 Å². The van der Waals surface area contributed by atoms with E-state index in [9.17, 15) is 13.2 Å². The molecule has 20 heavy (non-hydrogen) atoms. The Labute approximate surface area is 118 Å². The van der Waals surface area contributed by atoms with Crippen LogP contribution in [0.2, 0.25) is 0 Å². The Balaban J connectivity index is 1.97. The molecule has 6 nitrogen and oxygen atoms in total. The summed E-state index contributed by atoms with van der Waals surface area (Å²) in [5.41, 5.74) is 0.980. The lowest BCUT2D eigenvalue weighted by Gasteiger charge is -2.42. The van der Waals surface area contributed by atoms with Crippen molar-refractivity contribution in [2.45, 2.75) is 18.9 Å². The molecule has 2 aliphatic heterocycles. The van der Waals surface area contributed by atoms with E-state index in [4.69, 9.17) is 0 Å². The SMILES string of the molecule is CN(C)S(=O)(=O)N1C[C@@H]2C[C@H](C1)c1cccc(=O)n1C2. The maximum Gasteiger partial charge on any atom is 0.281 e. The van der Waals surface area contributed by atoms with E-state index in [1.54, 1.807) is 35.1 Å². The van der Waals surface area contributed by atoms with Crippen molar-refractivity contribution in [2.24, 2.45) is 5.92 Å². The van der Waals surface area contributed by atoms with Gasteiger partial charge in [-0.3, -0.25) is 4.79 Å². The molecule has 0 aliphatic carbocycles. The summed E-state index contributed by atoms with van der Waals surface area (Å²) >= 11 is 0. The van der Waals surface area contributed by atoms with Crippen LogP contribution in [0.5, 0.6) is 0 Å². The molecule has 3 heterocycles. The molecular formula is C13H19N3O3S. The maximum absolute atomic E-state index is 12.3. The molecule has 0 radical (unpaired) electrons. The lowest BCUT2D eigenvalue weighted by atomic mass is 9.84. The molecule has 110 valence electrons. The van der Waals surface area contributed by atoms with Crippen LogP contribution in [0.4, 0.5) is 0 Å². The average Bonchev–Trinajstić information content (AvgIpc) is 2.39. The van der Waals surface area contributed by atoms with Crippen LogP contribution in [-0.4, -0.2) is 48.8 Å². The van der Waals surface area contributed by atoms with Crippen LogP contribution in [-0.2, 0) is 16.8 Å². The highest BCUT2D eigenvalue weighted by Crippen LogP contribution is 2.36. The highest BCUT2D eigenvalue weighted by molar-refractivity contribution is 7.86. The van der Waals surface area contributed by atoms with Crippen LogP contribution in [0.25, 0.3) is 0 Å². The fraction of sp³-hybridized carbons (Fsp3) is 0.615. The smallest absolute Gasteiger partial charge is 0.281 e. The Morgan fingerprint density at radius 1 is 1.20 bits per heavy atom. The summed E-state index contributed by atoms with van der Waals surface area (Å²) in [5, 5.41) is 0. The number of pyridine rings is 1. The largest absolute Gasteiger partial charge is 0.312 e. The lowest BCUT2D eigenvalue weighted by molar-refractivity contribution is 0.180. The van der Waals surface area contributed by atoms with Crippen molar-refractivity contribution in [3.05, 3.63) is 34.2 Å². The van der Waals surface area contributed by atoms with Gasteiger partial charge in [0.2, 0.25) is 0 Å². The molecule has 1 fully saturated rings. The zero-order chi connectivity index (χ0) is 14.5. The summed E-state index contributed by atoms with van der Waals surface area (Å²) in [7, 11) is -0.268. The minimum Gasteiger partial charge on any atom is -0.312 e. The second kappa shape index (κ2) is 4.68. The Kier molecular flexibility index (Phi) is 3.23. The van der Waals surface area contributed by atoms with Crippen molar-refractivity contribution in [2.75, 3.05) is 27.2 Å². The number of nitrogens with zero attached hydrogens (tertiary/aromatic N) is 3. The van der Waals surface area contributed by atoms with Gasteiger partial charge in [0.1, 0.15) is 0 Å². The summed E-state index contributed by atoms with van der Waals surface area (Å²) in [6.07, 6.45) is 0.961. The van der Waals surface area contributed by atoms with Gasteiger partial charge in [0.25, 0.3) is 15.8 Å². The van der Waals surface area contributed by atoms with Crippen LogP contribution >= 0.6 is 0 Å². The monoisotopic (exact) mass is 297 g/mol. The van der Waals surface area contributed by atoms with Crippen LogP contribution in [0.15, 0.2) is 23.0 Å². The molecule has 0 unspecified atom stereocenters. The molecule has 1 saturated heterocycles. The van der Waals surface area contributed by atoms with Crippen LogP contribution in [0.3, 0.4) is 0 Å². The molecule has 1 aromatic rings. The van der Waals surface area contributed by atoms with Gasteiger partial charge >= 0.3 is 0 Å². The quantitative estimate of drug-likeness (QED) is 0.776. The minimum absolute atomic E-state index is 0.0149. The molecule has 1 aromatic heterocycles. The van der Waals surface area contributed by atoms with E-state index < -0.39 is 10.2 Å². The number of hydrogen-bond acceptors (Lipinski definition) is 3. The first-order valence-corrected chi connectivity index (χ1v) is 8.16. The standard InChI is InChI=1S/C13H19N3O3S/c1-14(2)20(18,19)15-7-10-6-11(9-15)12-4-3-5-13(17)16(12)8-10/h3-5,10-11H,6-9H2,1-2H3/t10-,11+/m0/s1. The molecule has 0 amide bonds. The Bertz CT molecular complexity index is 680. The Hall–Kier alpha value is -1.18. The second-order valence-electron chi connectivity index (χ2n) is 5.81. The zero-order valence-electron chi connectivity index (χ0n) is 11.7. The fourth-order valence-electron chi connectivity index (χ4n) is 3.27. The fourth-order valence-corrected chi connectivity index (χ4v) is 4.50. The van der Waals surface area contributed by atoms with Gasteiger partial charge in [-0.05, 0) is 18.4 Å². The molecule has 7 heteroatoms. The van der Waals surface area contributed by atoms with Gasteiger partial charge in [-0.1, -0.05) is 6.07 Å². The van der Waals surface area contributed by atoms with Crippen molar-refractivity contribution in [1.29, 1.82) is 0 Å². The van der Waals surface area contributed by atoms with Gasteiger partial charge in [0.05, 0.1) is 0 Å². The Morgan fingerprint density at radius 3 is 2.65 bits per heavy atom. The van der Waals surface area contributed by atoms with E-state index in [-0.39, 0.29) is 17.4 Å². The molecule has 0 saturated carbocycles. The van der Waals surface area contributed by atoms with Crippen molar-refractivity contribution < 1.29 is 8.42 Å². The molecule has 0 spiro atoms. The first-order valence-electron chi connectivity index (χ1n) is 6.77.